The van der Waals surface area contributed by atoms with Crippen LogP contribution < -0.4 is 11.3 Å². The summed E-state index contributed by atoms with van der Waals surface area (Å²) in [6, 6.07) is 0.529. The van der Waals surface area contributed by atoms with Crippen molar-refractivity contribution in [3.63, 3.8) is 0 Å². The lowest BCUT2D eigenvalue weighted by molar-refractivity contribution is -0.121. The van der Waals surface area contributed by atoms with E-state index in [9.17, 15) is 4.79 Å². The molecule has 1 rings (SSSR count). The molecule has 1 aliphatic heterocycles. The highest BCUT2D eigenvalue weighted by Gasteiger charge is 2.17. The van der Waals surface area contributed by atoms with Crippen LogP contribution in [0.15, 0.2) is 0 Å². The normalized spacial score (nSPS) is 22.0. The van der Waals surface area contributed by atoms with Gasteiger partial charge in [0.15, 0.2) is 0 Å². The van der Waals surface area contributed by atoms with Crippen LogP contribution in [0.3, 0.4) is 0 Å². The monoisotopic (exact) mass is 229 g/mol. The quantitative estimate of drug-likeness (QED) is 0.297. The van der Waals surface area contributed by atoms with E-state index in [2.05, 4.69) is 17.2 Å². The van der Waals surface area contributed by atoms with Crippen LogP contribution in [0, 0.1) is 0 Å². The fourth-order valence-electron chi connectivity index (χ4n) is 1.94. The second-order valence-corrected chi connectivity index (χ2v) is 4.34. The molecule has 0 spiro atoms. The lowest BCUT2D eigenvalue weighted by Crippen LogP contribution is -2.43. The van der Waals surface area contributed by atoms with E-state index in [0.29, 0.717) is 12.5 Å². The predicted molar refractivity (Wildman–Crippen MR) is 62.7 cm³/mol. The highest BCUT2D eigenvalue weighted by atomic mass is 16.5. The van der Waals surface area contributed by atoms with E-state index in [1.165, 1.54) is 0 Å². The van der Waals surface area contributed by atoms with E-state index in [0.717, 1.165) is 45.6 Å². The Labute approximate surface area is 97.3 Å². The van der Waals surface area contributed by atoms with E-state index in [4.69, 9.17) is 10.6 Å². The molecule has 16 heavy (non-hydrogen) atoms. The van der Waals surface area contributed by atoms with Crippen LogP contribution in [0.1, 0.15) is 32.6 Å². The first-order chi connectivity index (χ1) is 7.74. The highest BCUT2D eigenvalue weighted by molar-refractivity contribution is 5.74. The maximum atomic E-state index is 10.9. The van der Waals surface area contributed by atoms with Gasteiger partial charge in [0.1, 0.15) is 0 Å². The van der Waals surface area contributed by atoms with E-state index in [1.807, 2.05) is 0 Å². The Morgan fingerprint density at radius 1 is 1.50 bits per heavy atom. The summed E-state index contributed by atoms with van der Waals surface area (Å²) in [7, 11) is 0. The number of carbonyl (C=O) groups excluding carboxylic acids is 1. The van der Waals surface area contributed by atoms with Gasteiger partial charge < -0.3 is 4.74 Å². The van der Waals surface area contributed by atoms with E-state index >= 15 is 0 Å². The molecule has 1 fully saturated rings. The first kappa shape index (κ1) is 13.4. The summed E-state index contributed by atoms with van der Waals surface area (Å²) in [6.45, 7) is 6.02. The third kappa shape index (κ3) is 4.92. The summed E-state index contributed by atoms with van der Waals surface area (Å²) in [6.07, 6.45) is 3.68. The van der Waals surface area contributed by atoms with Crippen LogP contribution >= 0.6 is 0 Å². The molecule has 5 heteroatoms. The third-order valence-electron chi connectivity index (χ3n) is 3.02. The number of carbonyl (C=O) groups is 1. The van der Waals surface area contributed by atoms with Crippen LogP contribution in [0.25, 0.3) is 0 Å². The molecule has 1 atom stereocenters. The molecule has 0 aromatic carbocycles. The summed E-state index contributed by atoms with van der Waals surface area (Å²) in [5.41, 5.74) is 2.15. The number of hydrogen-bond donors (Lipinski definition) is 2. The van der Waals surface area contributed by atoms with Crippen molar-refractivity contribution < 1.29 is 9.53 Å². The first-order valence-corrected chi connectivity index (χ1v) is 6.05. The molecule has 1 saturated heterocycles. The average molecular weight is 229 g/mol. The number of unbranched alkanes of at least 4 members (excludes halogenated alkanes) is 2. The molecule has 1 heterocycles. The molecule has 5 nitrogen and oxygen atoms in total. The van der Waals surface area contributed by atoms with E-state index in [1.54, 1.807) is 0 Å². The van der Waals surface area contributed by atoms with Gasteiger partial charge in [-0.05, 0) is 26.3 Å². The molecule has 3 N–H and O–H groups in total. The van der Waals surface area contributed by atoms with Gasteiger partial charge in [-0.3, -0.25) is 15.1 Å². The van der Waals surface area contributed by atoms with Crippen LogP contribution in [-0.2, 0) is 9.53 Å². The van der Waals surface area contributed by atoms with Gasteiger partial charge in [-0.25, -0.2) is 5.84 Å². The minimum Gasteiger partial charge on any atom is -0.379 e. The smallest absolute Gasteiger partial charge is 0.233 e. The number of amides is 1. The van der Waals surface area contributed by atoms with Crippen LogP contribution in [-0.4, -0.2) is 43.2 Å². The summed E-state index contributed by atoms with van der Waals surface area (Å²) in [5.74, 6) is 4.93. The Morgan fingerprint density at radius 2 is 2.31 bits per heavy atom. The van der Waals surface area contributed by atoms with Crippen molar-refractivity contribution in [3.05, 3.63) is 0 Å². The second-order valence-electron chi connectivity index (χ2n) is 4.34. The van der Waals surface area contributed by atoms with Crippen molar-refractivity contribution in [1.29, 1.82) is 0 Å². The Morgan fingerprint density at radius 3 is 3.00 bits per heavy atom. The van der Waals surface area contributed by atoms with Gasteiger partial charge in [-0.15, -0.1) is 0 Å². The minimum absolute atomic E-state index is 0.0697. The molecule has 0 aromatic rings. The fourth-order valence-corrected chi connectivity index (χ4v) is 1.94. The average Bonchev–Trinajstić information content (AvgIpc) is 2.30. The Bertz CT molecular complexity index is 211. The molecule has 1 unspecified atom stereocenters. The molecule has 94 valence electrons. The summed E-state index contributed by atoms with van der Waals surface area (Å²) < 4.78 is 5.38. The first-order valence-electron chi connectivity index (χ1n) is 6.05. The van der Waals surface area contributed by atoms with Gasteiger partial charge in [0.25, 0.3) is 0 Å². The van der Waals surface area contributed by atoms with Gasteiger partial charge >= 0.3 is 0 Å². The predicted octanol–water partition coefficient (Wildman–Crippen LogP) is 0.257. The molecule has 0 aliphatic carbocycles. The number of nitrogens with two attached hydrogens (primary N) is 1. The van der Waals surface area contributed by atoms with Gasteiger partial charge in [0.2, 0.25) is 5.91 Å². The van der Waals surface area contributed by atoms with Crippen LogP contribution in [0.2, 0.25) is 0 Å². The maximum Gasteiger partial charge on any atom is 0.233 e. The molecule has 0 aromatic heterocycles. The van der Waals surface area contributed by atoms with Gasteiger partial charge in [0, 0.05) is 19.0 Å². The zero-order chi connectivity index (χ0) is 11.8. The van der Waals surface area contributed by atoms with Crippen molar-refractivity contribution in [2.75, 3.05) is 26.3 Å². The number of ether oxygens (including phenoxy) is 1. The minimum atomic E-state index is -0.0697. The number of hydrazine groups is 1. The molecule has 0 saturated carbocycles. The van der Waals surface area contributed by atoms with Crippen LogP contribution in [0.4, 0.5) is 0 Å². The number of rotatable bonds is 6. The molecular weight excluding hydrogens is 206 g/mol. The Balaban J connectivity index is 1.99. The number of morpholine rings is 1. The molecular formula is C11H23N3O2. The molecule has 0 bridgehead atoms. The summed E-state index contributed by atoms with van der Waals surface area (Å²) in [4.78, 5) is 13.3. The van der Waals surface area contributed by atoms with Crippen molar-refractivity contribution in [2.45, 2.75) is 38.6 Å². The third-order valence-corrected chi connectivity index (χ3v) is 3.02. The van der Waals surface area contributed by atoms with E-state index < -0.39 is 0 Å². The summed E-state index contributed by atoms with van der Waals surface area (Å²) >= 11 is 0. The largest absolute Gasteiger partial charge is 0.379 e. The topological polar surface area (TPSA) is 67.6 Å². The van der Waals surface area contributed by atoms with Gasteiger partial charge in [-0.2, -0.15) is 0 Å². The maximum absolute atomic E-state index is 10.9. The molecule has 0 radical (unpaired) electrons. The lowest BCUT2D eigenvalue weighted by Gasteiger charge is -2.33. The van der Waals surface area contributed by atoms with E-state index in [-0.39, 0.29) is 5.91 Å². The Hall–Kier alpha value is -0.650. The van der Waals surface area contributed by atoms with Crippen molar-refractivity contribution >= 4 is 5.91 Å². The Kier molecular flexibility index (Phi) is 6.37. The zero-order valence-electron chi connectivity index (χ0n) is 10.1. The number of hydrogen-bond acceptors (Lipinski definition) is 4. The fraction of sp³-hybridized carbons (Fsp3) is 0.909. The standard InChI is InChI=1S/C11H23N3O2/c1-10-9-16-8-7-14(10)6-4-2-3-5-11(15)13-12/h10H,2-9,12H2,1H3,(H,13,15). The number of nitrogens with zero attached hydrogens (tertiary/aromatic N) is 1. The molecule has 1 aliphatic rings. The lowest BCUT2D eigenvalue weighted by atomic mass is 10.1. The van der Waals surface area contributed by atoms with Crippen molar-refractivity contribution in [3.8, 4) is 0 Å². The highest BCUT2D eigenvalue weighted by Crippen LogP contribution is 2.08. The van der Waals surface area contributed by atoms with Gasteiger partial charge in [-0.1, -0.05) is 6.42 Å². The second kappa shape index (κ2) is 7.60. The molecule has 1 amide bonds. The number of nitrogens with one attached hydrogen (secondary N) is 1. The van der Waals surface area contributed by atoms with Crippen molar-refractivity contribution in [2.24, 2.45) is 5.84 Å². The zero-order valence-corrected chi connectivity index (χ0v) is 10.1. The SMILES string of the molecule is CC1COCCN1CCCCCC(=O)NN. The van der Waals surface area contributed by atoms with Gasteiger partial charge in [0.05, 0.1) is 13.2 Å². The van der Waals surface area contributed by atoms with Crippen LogP contribution in [0.5, 0.6) is 0 Å². The summed E-state index contributed by atoms with van der Waals surface area (Å²) in [5, 5.41) is 0. The van der Waals surface area contributed by atoms with Crippen molar-refractivity contribution in [1.82, 2.24) is 10.3 Å².